The number of rotatable bonds is 4. The number of hydrogen-bond acceptors (Lipinski definition) is 2. The fraction of sp³-hybridized carbons (Fsp3) is 0.450. The van der Waals surface area contributed by atoms with E-state index in [0.717, 1.165) is 31.2 Å². The molecule has 1 aliphatic rings. The van der Waals surface area contributed by atoms with E-state index in [1.807, 2.05) is 25.1 Å². The zero-order chi connectivity index (χ0) is 16.9. The van der Waals surface area contributed by atoms with E-state index >= 15 is 0 Å². The van der Waals surface area contributed by atoms with Crippen LogP contribution in [0.1, 0.15) is 44.2 Å². The van der Waals surface area contributed by atoms with Crippen molar-refractivity contribution in [3.05, 3.63) is 48.0 Å². The van der Waals surface area contributed by atoms with Gasteiger partial charge in [-0.1, -0.05) is 42.5 Å². The second-order valence-electron chi connectivity index (χ2n) is 6.81. The standard InChI is InChI=1S/C20H26N2O2/c1-14(18-8-4-6-16-5-2-3-7-19(16)18)21-20(24)22-17-11-9-15(13-23)10-12-17/h2-8,14-15,17,23H,9-13H2,1H3,(H2,21,22,24). The van der Waals surface area contributed by atoms with E-state index in [4.69, 9.17) is 0 Å². The molecule has 0 saturated heterocycles. The highest BCUT2D eigenvalue weighted by molar-refractivity contribution is 5.86. The average Bonchev–Trinajstić information content (AvgIpc) is 2.61. The van der Waals surface area contributed by atoms with Gasteiger partial charge in [-0.3, -0.25) is 0 Å². The lowest BCUT2D eigenvalue weighted by atomic mass is 9.87. The summed E-state index contributed by atoms with van der Waals surface area (Å²) < 4.78 is 0. The van der Waals surface area contributed by atoms with Gasteiger partial charge >= 0.3 is 6.03 Å². The predicted octanol–water partition coefficient (Wildman–Crippen LogP) is 3.75. The number of carbonyl (C=O) groups is 1. The van der Waals surface area contributed by atoms with Gasteiger partial charge in [0.1, 0.15) is 0 Å². The Morgan fingerprint density at radius 2 is 1.83 bits per heavy atom. The molecule has 0 radical (unpaired) electrons. The number of amides is 2. The number of aliphatic hydroxyl groups is 1. The highest BCUT2D eigenvalue weighted by Crippen LogP contribution is 2.25. The first-order valence-electron chi connectivity index (χ1n) is 8.83. The number of benzene rings is 2. The number of carbonyl (C=O) groups excluding carboxylic acids is 1. The second-order valence-corrected chi connectivity index (χ2v) is 6.81. The first-order valence-corrected chi connectivity index (χ1v) is 8.83. The SMILES string of the molecule is CC(NC(=O)NC1CCC(CO)CC1)c1cccc2ccccc12. The molecule has 3 rings (SSSR count). The van der Waals surface area contributed by atoms with Crippen LogP contribution < -0.4 is 10.6 Å². The molecule has 1 atom stereocenters. The molecular formula is C20H26N2O2. The number of urea groups is 1. The molecule has 2 amide bonds. The van der Waals surface area contributed by atoms with Crippen LogP contribution in [-0.4, -0.2) is 23.8 Å². The lowest BCUT2D eigenvalue weighted by molar-refractivity contribution is 0.174. The summed E-state index contributed by atoms with van der Waals surface area (Å²) in [6, 6.07) is 14.5. The summed E-state index contributed by atoms with van der Waals surface area (Å²) in [5.41, 5.74) is 1.13. The average molecular weight is 326 g/mol. The molecule has 1 aliphatic carbocycles. The molecule has 0 aliphatic heterocycles. The molecule has 2 aromatic rings. The predicted molar refractivity (Wildman–Crippen MR) is 96.9 cm³/mol. The van der Waals surface area contributed by atoms with E-state index in [1.165, 1.54) is 10.8 Å². The van der Waals surface area contributed by atoms with E-state index in [-0.39, 0.29) is 24.7 Å². The molecule has 128 valence electrons. The zero-order valence-corrected chi connectivity index (χ0v) is 14.2. The van der Waals surface area contributed by atoms with Gasteiger partial charge < -0.3 is 15.7 Å². The maximum atomic E-state index is 12.3. The fourth-order valence-corrected chi connectivity index (χ4v) is 3.62. The Morgan fingerprint density at radius 3 is 2.58 bits per heavy atom. The molecule has 2 aromatic carbocycles. The first kappa shape index (κ1) is 16.8. The van der Waals surface area contributed by atoms with Crippen molar-refractivity contribution in [2.24, 2.45) is 5.92 Å². The molecule has 0 spiro atoms. The van der Waals surface area contributed by atoms with Crippen LogP contribution in [0.15, 0.2) is 42.5 Å². The summed E-state index contributed by atoms with van der Waals surface area (Å²) in [5, 5.41) is 17.7. The van der Waals surface area contributed by atoms with Crippen LogP contribution in [0.4, 0.5) is 4.79 Å². The van der Waals surface area contributed by atoms with Gasteiger partial charge in [0.15, 0.2) is 0 Å². The number of aliphatic hydroxyl groups excluding tert-OH is 1. The lowest BCUT2D eigenvalue weighted by Gasteiger charge is -2.28. The van der Waals surface area contributed by atoms with Crippen molar-refractivity contribution >= 4 is 16.8 Å². The molecule has 0 heterocycles. The van der Waals surface area contributed by atoms with Crippen molar-refractivity contribution in [3.63, 3.8) is 0 Å². The van der Waals surface area contributed by atoms with Crippen molar-refractivity contribution in [1.29, 1.82) is 0 Å². The van der Waals surface area contributed by atoms with Crippen LogP contribution in [0.2, 0.25) is 0 Å². The Kier molecular flexibility index (Phi) is 5.36. The van der Waals surface area contributed by atoms with Crippen molar-refractivity contribution in [3.8, 4) is 0 Å². The van der Waals surface area contributed by atoms with Gasteiger partial charge in [0, 0.05) is 12.6 Å². The first-order chi connectivity index (χ1) is 11.7. The summed E-state index contributed by atoms with van der Waals surface area (Å²) in [6.07, 6.45) is 3.86. The lowest BCUT2D eigenvalue weighted by Crippen LogP contribution is -2.44. The Labute approximate surface area is 143 Å². The van der Waals surface area contributed by atoms with Gasteiger partial charge in [-0.2, -0.15) is 0 Å². The van der Waals surface area contributed by atoms with Crippen molar-refractivity contribution in [2.75, 3.05) is 6.61 Å². The van der Waals surface area contributed by atoms with E-state index in [9.17, 15) is 9.90 Å². The molecule has 1 fully saturated rings. The normalized spacial score (nSPS) is 22.1. The molecule has 4 heteroatoms. The van der Waals surface area contributed by atoms with E-state index in [1.54, 1.807) is 0 Å². The van der Waals surface area contributed by atoms with Crippen LogP contribution in [0.5, 0.6) is 0 Å². The van der Waals surface area contributed by atoms with Crippen LogP contribution >= 0.6 is 0 Å². The minimum atomic E-state index is -0.108. The maximum absolute atomic E-state index is 12.3. The second kappa shape index (κ2) is 7.67. The molecule has 1 saturated carbocycles. The van der Waals surface area contributed by atoms with Gasteiger partial charge in [0.25, 0.3) is 0 Å². The van der Waals surface area contributed by atoms with Crippen LogP contribution in [0, 0.1) is 5.92 Å². The highest BCUT2D eigenvalue weighted by atomic mass is 16.3. The minimum Gasteiger partial charge on any atom is -0.396 e. The van der Waals surface area contributed by atoms with E-state index < -0.39 is 0 Å². The smallest absolute Gasteiger partial charge is 0.315 e. The van der Waals surface area contributed by atoms with Crippen molar-refractivity contribution in [2.45, 2.75) is 44.7 Å². The fourth-order valence-electron chi connectivity index (χ4n) is 3.62. The number of hydrogen-bond donors (Lipinski definition) is 3. The summed E-state index contributed by atoms with van der Waals surface area (Å²) in [6.45, 7) is 2.28. The summed E-state index contributed by atoms with van der Waals surface area (Å²) in [4.78, 5) is 12.3. The maximum Gasteiger partial charge on any atom is 0.315 e. The third-order valence-electron chi connectivity index (χ3n) is 5.08. The Hall–Kier alpha value is -2.07. The Balaban J connectivity index is 1.60. The molecule has 0 bridgehead atoms. The molecule has 24 heavy (non-hydrogen) atoms. The Morgan fingerprint density at radius 1 is 1.12 bits per heavy atom. The highest BCUT2D eigenvalue weighted by Gasteiger charge is 2.22. The van der Waals surface area contributed by atoms with Gasteiger partial charge in [-0.05, 0) is 54.9 Å². The monoisotopic (exact) mass is 326 g/mol. The van der Waals surface area contributed by atoms with Crippen LogP contribution in [0.25, 0.3) is 10.8 Å². The van der Waals surface area contributed by atoms with Crippen LogP contribution in [0.3, 0.4) is 0 Å². The van der Waals surface area contributed by atoms with Gasteiger partial charge in [-0.15, -0.1) is 0 Å². The molecular weight excluding hydrogens is 300 g/mol. The molecule has 4 nitrogen and oxygen atoms in total. The van der Waals surface area contributed by atoms with Crippen molar-refractivity contribution in [1.82, 2.24) is 10.6 Å². The van der Waals surface area contributed by atoms with Gasteiger partial charge in [-0.25, -0.2) is 4.79 Å². The topological polar surface area (TPSA) is 61.4 Å². The zero-order valence-electron chi connectivity index (χ0n) is 14.2. The number of fused-ring (bicyclic) bond motifs is 1. The third-order valence-corrected chi connectivity index (χ3v) is 5.08. The quantitative estimate of drug-likeness (QED) is 0.801. The Bertz CT molecular complexity index is 688. The summed E-state index contributed by atoms with van der Waals surface area (Å²) >= 11 is 0. The molecule has 0 aromatic heterocycles. The largest absolute Gasteiger partial charge is 0.396 e. The molecule has 3 N–H and O–H groups in total. The van der Waals surface area contributed by atoms with Gasteiger partial charge in [0.2, 0.25) is 0 Å². The summed E-state index contributed by atoms with van der Waals surface area (Å²) in [7, 11) is 0. The summed E-state index contributed by atoms with van der Waals surface area (Å²) in [5.74, 6) is 0.403. The minimum absolute atomic E-state index is 0.0510. The van der Waals surface area contributed by atoms with Crippen molar-refractivity contribution < 1.29 is 9.90 Å². The van der Waals surface area contributed by atoms with Crippen LogP contribution in [-0.2, 0) is 0 Å². The van der Waals surface area contributed by atoms with E-state index in [0.29, 0.717) is 5.92 Å². The third kappa shape index (κ3) is 3.88. The van der Waals surface area contributed by atoms with E-state index in [2.05, 4.69) is 34.9 Å². The van der Waals surface area contributed by atoms with Gasteiger partial charge in [0.05, 0.1) is 6.04 Å². The number of nitrogens with one attached hydrogen (secondary N) is 2. The molecule has 1 unspecified atom stereocenters.